The van der Waals surface area contributed by atoms with Gasteiger partial charge in [-0.15, -0.1) is 0 Å². The zero-order chi connectivity index (χ0) is 18.9. The number of aliphatic hydroxyl groups is 1. The zero-order valence-electron chi connectivity index (χ0n) is 16.2. The van der Waals surface area contributed by atoms with Gasteiger partial charge in [0.25, 0.3) is 0 Å². The van der Waals surface area contributed by atoms with E-state index in [4.69, 9.17) is 0 Å². The summed E-state index contributed by atoms with van der Waals surface area (Å²) in [5.74, 6) is 0. The summed E-state index contributed by atoms with van der Waals surface area (Å²) in [6, 6.07) is 19.3. The fourth-order valence-corrected chi connectivity index (χ4v) is 4.59. The third-order valence-electron chi connectivity index (χ3n) is 6.16. The highest BCUT2D eigenvalue weighted by Crippen LogP contribution is 2.43. The molecule has 1 aliphatic carbocycles. The fraction of sp³-hybridized carbons (Fsp3) is 0.333. The van der Waals surface area contributed by atoms with Crippen LogP contribution < -0.4 is 0 Å². The molecule has 0 fully saturated rings. The van der Waals surface area contributed by atoms with Crippen LogP contribution in [0.15, 0.2) is 60.7 Å². The van der Waals surface area contributed by atoms with Crippen molar-refractivity contribution in [2.45, 2.75) is 31.2 Å². The molecule has 0 amide bonds. The standard InChI is InChI=1S/C24H28N2O/c1-26(2)24(19-8-4-3-5-9-19)15-12-18(13-16-24)23-21(14-17-27)20-10-6-7-11-22(20)25-23/h3-12,25,27H,13-17H2,1-2H3. The molecule has 1 aliphatic rings. The Bertz CT molecular complexity index is 955. The number of allylic oxidation sites excluding steroid dienone is 1. The molecule has 2 aromatic carbocycles. The number of aromatic nitrogens is 1. The van der Waals surface area contributed by atoms with Gasteiger partial charge >= 0.3 is 0 Å². The minimum atomic E-state index is 0.0495. The monoisotopic (exact) mass is 360 g/mol. The van der Waals surface area contributed by atoms with Crippen molar-refractivity contribution in [3.05, 3.63) is 77.5 Å². The average Bonchev–Trinajstić information content (AvgIpc) is 3.07. The minimum Gasteiger partial charge on any atom is -0.396 e. The molecule has 4 rings (SSSR count). The van der Waals surface area contributed by atoms with Gasteiger partial charge in [0.2, 0.25) is 0 Å². The lowest BCUT2D eigenvalue weighted by atomic mass is 9.75. The van der Waals surface area contributed by atoms with Gasteiger partial charge < -0.3 is 10.1 Å². The van der Waals surface area contributed by atoms with Crippen LogP contribution in [0.4, 0.5) is 0 Å². The smallest absolute Gasteiger partial charge is 0.0492 e. The van der Waals surface area contributed by atoms with Gasteiger partial charge in [0.15, 0.2) is 0 Å². The Morgan fingerprint density at radius 1 is 1.04 bits per heavy atom. The van der Waals surface area contributed by atoms with E-state index in [2.05, 4.69) is 84.7 Å². The molecule has 140 valence electrons. The van der Waals surface area contributed by atoms with Crippen molar-refractivity contribution >= 4 is 16.5 Å². The van der Waals surface area contributed by atoms with Crippen molar-refractivity contribution in [1.82, 2.24) is 9.88 Å². The van der Waals surface area contributed by atoms with Gasteiger partial charge in [-0.1, -0.05) is 54.6 Å². The molecule has 3 nitrogen and oxygen atoms in total. The van der Waals surface area contributed by atoms with Gasteiger partial charge in [-0.25, -0.2) is 0 Å². The molecular weight excluding hydrogens is 332 g/mol. The summed E-state index contributed by atoms with van der Waals surface area (Å²) in [6.07, 6.45) is 6.20. The first-order valence-electron chi connectivity index (χ1n) is 9.78. The van der Waals surface area contributed by atoms with Gasteiger partial charge in [0.1, 0.15) is 0 Å². The van der Waals surface area contributed by atoms with Gasteiger partial charge in [-0.3, -0.25) is 4.90 Å². The summed E-state index contributed by atoms with van der Waals surface area (Å²) >= 11 is 0. The molecule has 1 heterocycles. The Hall–Kier alpha value is -2.36. The van der Waals surface area contributed by atoms with E-state index >= 15 is 0 Å². The summed E-state index contributed by atoms with van der Waals surface area (Å²) in [4.78, 5) is 5.99. The van der Waals surface area contributed by atoms with Crippen LogP contribution in [0, 0.1) is 0 Å². The number of hydrogen-bond acceptors (Lipinski definition) is 2. The molecule has 0 aliphatic heterocycles. The van der Waals surface area contributed by atoms with Crippen LogP contribution >= 0.6 is 0 Å². The molecular formula is C24H28N2O. The summed E-state index contributed by atoms with van der Waals surface area (Å²) in [7, 11) is 4.37. The van der Waals surface area contributed by atoms with Crippen LogP contribution in [0.1, 0.15) is 36.1 Å². The molecule has 0 saturated heterocycles. The Morgan fingerprint density at radius 3 is 2.44 bits per heavy atom. The first kappa shape index (κ1) is 18.0. The van der Waals surface area contributed by atoms with E-state index in [1.807, 2.05) is 0 Å². The molecule has 0 saturated carbocycles. The Balaban J connectivity index is 1.74. The number of H-pyrrole nitrogens is 1. The van der Waals surface area contributed by atoms with Crippen LogP contribution in [0.25, 0.3) is 16.5 Å². The Kier molecular flexibility index (Phi) is 4.90. The number of aromatic amines is 1. The van der Waals surface area contributed by atoms with Crippen molar-refractivity contribution in [3.8, 4) is 0 Å². The van der Waals surface area contributed by atoms with Crippen LogP contribution in [-0.2, 0) is 12.0 Å². The van der Waals surface area contributed by atoms with E-state index in [-0.39, 0.29) is 12.1 Å². The predicted molar refractivity (Wildman–Crippen MR) is 113 cm³/mol. The number of rotatable bonds is 5. The van der Waals surface area contributed by atoms with E-state index in [1.165, 1.54) is 27.8 Å². The topological polar surface area (TPSA) is 39.3 Å². The van der Waals surface area contributed by atoms with Gasteiger partial charge in [0, 0.05) is 28.7 Å². The van der Waals surface area contributed by atoms with E-state index in [0.717, 1.165) is 24.8 Å². The van der Waals surface area contributed by atoms with Crippen molar-refractivity contribution in [1.29, 1.82) is 0 Å². The second-order valence-electron chi connectivity index (χ2n) is 7.72. The number of hydrogen-bond donors (Lipinski definition) is 2. The predicted octanol–water partition coefficient (Wildman–Crippen LogP) is 4.73. The van der Waals surface area contributed by atoms with E-state index < -0.39 is 0 Å². The zero-order valence-corrected chi connectivity index (χ0v) is 16.2. The second-order valence-corrected chi connectivity index (χ2v) is 7.72. The Labute approximate surface area is 161 Å². The molecule has 3 heteroatoms. The largest absolute Gasteiger partial charge is 0.396 e. The first-order chi connectivity index (χ1) is 13.2. The lowest BCUT2D eigenvalue weighted by Crippen LogP contribution is -2.42. The maximum Gasteiger partial charge on any atom is 0.0492 e. The lowest BCUT2D eigenvalue weighted by molar-refractivity contribution is 0.138. The highest BCUT2D eigenvalue weighted by molar-refractivity contribution is 5.89. The molecule has 0 spiro atoms. The Morgan fingerprint density at radius 2 is 1.78 bits per heavy atom. The number of aliphatic hydroxyl groups excluding tert-OH is 1. The molecule has 1 atom stereocenters. The lowest BCUT2D eigenvalue weighted by Gasteiger charge is -2.43. The number of nitrogens with one attached hydrogen (secondary N) is 1. The summed E-state index contributed by atoms with van der Waals surface area (Å²) in [5, 5.41) is 10.8. The quantitative estimate of drug-likeness (QED) is 0.691. The molecule has 1 unspecified atom stereocenters. The van der Waals surface area contributed by atoms with Crippen molar-refractivity contribution in [3.63, 3.8) is 0 Å². The molecule has 27 heavy (non-hydrogen) atoms. The molecule has 2 N–H and O–H groups in total. The first-order valence-corrected chi connectivity index (χ1v) is 9.78. The number of benzene rings is 2. The number of nitrogens with zero attached hydrogens (tertiary/aromatic N) is 1. The summed E-state index contributed by atoms with van der Waals surface area (Å²) in [6.45, 7) is 0.174. The normalized spacial score (nSPS) is 20.2. The van der Waals surface area contributed by atoms with Crippen LogP contribution in [0.5, 0.6) is 0 Å². The molecule has 1 aromatic heterocycles. The van der Waals surface area contributed by atoms with E-state index in [0.29, 0.717) is 6.42 Å². The third kappa shape index (κ3) is 3.11. The minimum absolute atomic E-state index is 0.0495. The average molecular weight is 361 g/mol. The van der Waals surface area contributed by atoms with Crippen LogP contribution in [0.2, 0.25) is 0 Å². The summed E-state index contributed by atoms with van der Waals surface area (Å²) in [5.41, 5.74) is 6.43. The number of fused-ring (bicyclic) bond motifs is 1. The third-order valence-corrected chi connectivity index (χ3v) is 6.16. The summed E-state index contributed by atoms with van der Waals surface area (Å²) < 4.78 is 0. The molecule has 0 radical (unpaired) electrons. The van der Waals surface area contributed by atoms with E-state index in [9.17, 15) is 5.11 Å². The maximum absolute atomic E-state index is 9.58. The maximum atomic E-state index is 9.58. The van der Waals surface area contributed by atoms with Crippen molar-refractivity contribution in [2.75, 3.05) is 20.7 Å². The second kappa shape index (κ2) is 7.34. The molecule has 0 bridgehead atoms. The van der Waals surface area contributed by atoms with Crippen LogP contribution in [0.3, 0.4) is 0 Å². The highest BCUT2D eigenvalue weighted by Gasteiger charge is 2.36. The van der Waals surface area contributed by atoms with Crippen molar-refractivity contribution in [2.24, 2.45) is 0 Å². The van der Waals surface area contributed by atoms with E-state index in [1.54, 1.807) is 0 Å². The van der Waals surface area contributed by atoms with Gasteiger partial charge in [0.05, 0.1) is 0 Å². The van der Waals surface area contributed by atoms with Gasteiger partial charge in [-0.2, -0.15) is 0 Å². The fourth-order valence-electron chi connectivity index (χ4n) is 4.59. The number of para-hydroxylation sites is 1. The molecule has 3 aromatic rings. The highest BCUT2D eigenvalue weighted by atomic mass is 16.2. The van der Waals surface area contributed by atoms with Crippen molar-refractivity contribution < 1.29 is 5.11 Å². The van der Waals surface area contributed by atoms with Gasteiger partial charge in [-0.05, 0) is 62.5 Å². The SMILES string of the molecule is CN(C)C1(c2ccccc2)CC=C(c2[nH]c3ccccc3c2CCO)CC1. The van der Waals surface area contributed by atoms with Crippen LogP contribution in [-0.4, -0.2) is 35.7 Å².